The van der Waals surface area contributed by atoms with E-state index in [1.54, 1.807) is 0 Å². The smallest absolute Gasteiger partial charge is 0.326 e. The zero-order valence-electron chi connectivity index (χ0n) is 15.7. The van der Waals surface area contributed by atoms with E-state index >= 15 is 0 Å². The summed E-state index contributed by atoms with van der Waals surface area (Å²) < 4.78 is 5.99. The number of hydrogen-bond donors (Lipinski definition) is 2. The minimum absolute atomic E-state index is 0.0768. The van der Waals surface area contributed by atoms with Crippen LogP contribution in [0.4, 0.5) is 5.82 Å². The molecule has 0 spiro atoms. The molecule has 0 amide bonds. The van der Waals surface area contributed by atoms with E-state index in [-0.39, 0.29) is 5.92 Å². The molecule has 4 rings (SSSR count). The number of carbonyl (C=O) groups is 1. The van der Waals surface area contributed by atoms with E-state index in [4.69, 9.17) is 9.40 Å². The molecule has 4 aromatic rings. The lowest BCUT2D eigenvalue weighted by Crippen LogP contribution is -2.35. The summed E-state index contributed by atoms with van der Waals surface area (Å²) in [5.41, 5.74) is 2.68. The van der Waals surface area contributed by atoms with E-state index in [1.807, 2.05) is 68.4 Å². The molecular formula is C22H21N3O3. The third-order valence-corrected chi connectivity index (χ3v) is 5.02. The number of aliphatic carboxylic acids is 1. The van der Waals surface area contributed by atoms with E-state index < -0.39 is 12.0 Å². The van der Waals surface area contributed by atoms with Crippen LogP contribution in [0.25, 0.3) is 33.5 Å². The first kappa shape index (κ1) is 18.0. The van der Waals surface area contributed by atoms with Crippen LogP contribution in [0.5, 0.6) is 0 Å². The molecule has 28 heavy (non-hydrogen) atoms. The van der Waals surface area contributed by atoms with Gasteiger partial charge in [-0.15, -0.1) is 0 Å². The summed E-state index contributed by atoms with van der Waals surface area (Å²) >= 11 is 0. The summed E-state index contributed by atoms with van der Waals surface area (Å²) in [5, 5.41) is 13.7. The van der Waals surface area contributed by atoms with Crippen molar-refractivity contribution >= 4 is 33.9 Å². The molecule has 6 nitrogen and oxygen atoms in total. The van der Waals surface area contributed by atoms with Crippen LogP contribution in [0, 0.1) is 5.92 Å². The largest absolute Gasteiger partial charge is 0.480 e. The number of carboxylic acid groups (broad SMARTS) is 1. The lowest BCUT2D eigenvalue weighted by molar-refractivity contribution is -0.139. The van der Waals surface area contributed by atoms with Crippen LogP contribution >= 0.6 is 0 Å². The van der Waals surface area contributed by atoms with Crippen molar-refractivity contribution in [3.63, 3.8) is 0 Å². The number of fused-ring (bicyclic) bond motifs is 3. The van der Waals surface area contributed by atoms with Crippen molar-refractivity contribution in [1.82, 2.24) is 9.97 Å². The van der Waals surface area contributed by atoms with Gasteiger partial charge in [0.05, 0.1) is 0 Å². The first-order chi connectivity index (χ1) is 13.6. The van der Waals surface area contributed by atoms with Gasteiger partial charge in [0.25, 0.3) is 0 Å². The Bertz CT molecular complexity index is 1140. The van der Waals surface area contributed by atoms with Gasteiger partial charge < -0.3 is 14.8 Å². The molecule has 0 radical (unpaired) electrons. The van der Waals surface area contributed by atoms with E-state index in [0.717, 1.165) is 17.4 Å². The highest BCUT2D eigenvalue weighted by Crippen LogP contribution is 2.33. The summed E-state index contributed by atoms with van der Waals surface area (Å²) in [6, 6.07) is 16.5. The molecule has 0 saturated carbocycles. The van der Waals surface area contributed by atoms with Gasteiger partial charge in [-0.3, -0.25) is 0 Å². The van der Waals surface area contributed by atoms with Gasteiger partial charge >= 0.3 is 5.97 Å². The Morgan fingerprint density at radius 1 is 1.11 bits per heavy atom. The van der Waals surface area contributed by atoms with E-state index in [0.29, 0.717) is 28.3 Å². The Balaban J connectivity index is 1.94. The Kier molecular flexibility index (Phi) is 4.69. The van der Waals surface area contributed by atoms with Crippen LogP contribution in [0.1, 0.15) is 20.3 Å². The van der Waals surface area contributed by atoms with Crippen LogP contribution in [0.15, 0.2) is 59.0 Å². The molecule has 6 heteroatoms. The van der Waals surface area contributed by atoms with Crippen molar-refractivity contribution in [3.05, 3.63) is 54.6 Å². The number of anilines is 1. The topological polar surface area (TPSA) is 88.3 Å². The Hall–Kier alpha value is -3.41. The number of carboxylic acids is 1. The average molecular weight is 375 g/mol. The maximum Gasteiger partial charge on any atom is 0.326 e. The Morgan fingerprint density at radius 3 is 2.54 bits per heavy atom. The van der Waals surface area contributed by atoms with Gasteiger partial charge in [-0.25, -0.2) is 14.8 Å². The van der Waals surface area contributed by atoms with E-state index in [9.17, 15) is 9.90 Å². The fraction of sp³-hybridized carbons (Fsp3) is 0.227. The van der Waals surface area contributed by atoms with Crippen molar-refractivity contribution in [2.75, 3.05) is 5.32 Å². The van der Waals surface area contributed by atoms with Crippen molar-refractivity contribution in [2.24, 2.45) is 5.92 Å². The van der Waals surface area contributed by atoms with Gasteiger partial charge in [-0.2, -0.15) is 0 Å². The quantitative estimate of drug-likeness (QED) is 0.495. The lowest BCUT2D eigenvalue weighted by atomic mass is 9.99. The second kappa shape index (κ2) is 7.31. The molecule has 2 heterocycles. The molecule has 2 atom stereocenters. The summed E-state index contributed by atoms with van der Waals surface area (Å²) in [5.74, 6) is -0.0752. The Labute approximate surface area is 162 Å². The predicted molar refractivity (Wildman–Crippen MR) is 109 cm³/mol. The molecule has 142 valence electrons. The van der Waals surface area contributed by atoms with Crippen molar-refractivity contribution in [1.29, 1.82) is 0 Å². The molecule has 0 aliphatic rings. The number of para-hydroxylation sites is 1. The number of nitrogens with zero attached hydrogens (tertiary/aromatic N) is 2. The SMILES string of the molecule is CC[C@H](C)[C@@H](Nc1nc(-c2ccccc2)nc2c1oc1ccccc12)C(=O)O. The van der Waals surface area contributed by atoms with Crippen LogP contribution in [0.3, 0.4) is 0 Å². The van der Waals surface area contributed by atoms with E-state index in [2.05, 4.69) is 10.3 Å². The normalized spacial score (nSPS) is 13.5. The van der Waals surface area contributed by atoms with Crippen LogP contribution in [-0.2, 0) is 4.79 Å². The van der Waals surface area contributed by atoms with Gasteiger partial charge in [0.2, 0.25) is 0 Å². The number of benzene rings is 2. The van der Waals surface area contributed by atoms with Crippen LogP contribution < -0.4 is 5.32 Å². The molecule has 0 saturated heterocycles. The van der Waals surface area contributed by atoms with Crippen molar-refractivity contribution in [3.8, 4) is 11.4 Å². The van der Waals surface area contributed by atoms with Crippen LogP contribution in [0.2, 0.25) is 0 Å². The second-order valence-electron chi connectivity index (χ2n) is 6.88. The lowest BCUT2D eigenvalue weighted by Gasteiger charge is -2.20. The first-order valence-corrected chi connectivity index (χ1v) is 9.32. The minimum Gasteiger partial charge on any atom is -0.480 e. The molecule has 2 aromatic carbocycles. The molecule has 0 fully saturated rings. The van der Waals surface area contributed by atoms with E-state index in [1.165, 1.54) is 0 Å². The number of hydrogen-bond acceptors (Lipinski definition) is 5. The second-order valence-corrected chi connectivity index (χ2v) is 6.88. The summed E-state index contributed by atoms with van der Waals surface area (Å²) in [4.78, 5) is 21.2. The first-order valence-electron chi connectivity index (χ1n) is 9.32. The van der Waals surface area contributed by atoms with Gasteiger partial charge in [0.1, 0.15) is 17.1 Å². The number of nitrogens with one attached hydrogen (secondary N) is 1. The minimum atomic E-state index is -0.918. The van der Waals surface area contributed by atoms with Gasteiger partial charge in [-0.05, 0) is 18.1 Å². The van der Waals surface area contributed by atoms with Crippen molar-refractivity contribution in [2.45, 2.75) is 26.3 Å². The average Bonchev–Trinajstić information content (AvgIpc) is 3.10. The predicted octanol–water partition coefficient (Wildman–Crippen LogP) is 4.95. The fourth-order valence-corrected chi connectivity index (χ4v) is 3.24. The number of furan rings is 1. The highest BCUT2D eigenvalue weighted by atomic mass is 16.4. The summed E-state index contributed by atoms with van der Waals surface area (Å²) in [6.45, 7) is 3.87. The standard InChI is InChI=1S/C22H21N3O3/c1-3-13(2)17(22(26)27)23-21-19-18(15-11-7-8-12-16(15)28-19)24-20(25-21)14-9-5-4-6-10-14/h4-13,17H,3H2,1-2H3,(H,26,27)(H,23,24,25)/t13-,17+/m0/s1. The summed E-state index contributed by atoms with van der Waals surface area (Å²) in [6.07, 6.45) is 0.726. The Morgan fingerprint density at radius 2 is 1.82 bits per heavy atom. The van der Waals surface area contributed by atoms with Crippen molar-refractivity contribution < 1.29 is 14.3 Å². The van der Waals surface area contributed by atoms with Gasteiger partial charge in [0.15, 0.2) is 17.2 Å². The molecule has 0 bridgehead atoms. The number of aromatic nitrogens is 2. The molecular weight excluding hydrogens is 354 g/mol. The van der Waals surface area contributed by atoms with Crippen LogP contribution in [-0.4, -0.2) is 27.1 Å². The third-order valence-electron chi connectivity index (χ3n) is 5.02. The fourth-order valence-electron chi connectivity index (χ4n) is 3.24. The zero-order valence-corrected chi connectivity index (χ0v) is 15.7. The van der Waals surface area contributed by atoms with Gasteiger partial charge in [-0.1, -0.05) is 62.7 Å². The maximum absolute atomic E-state index is 11.8. The number of rotatable bonds is 6. The van der Waals surface area contributed by atoms with Gasteiger partial charge in [0, 0.05) is 10.9 Å². The third kappa shape index (κ3) is 3.17. The molecule has 0 aliphatic heterocycles. The highest BCUT2D eigenvalue weighted by Gasteiger charge is 2.26. The summed E-state index contributed by atoms with van der Waals surface area (Å²) in [7, 11) is 0. The molecule has 0 unspecified atom stereocenters. The highest BCUT2D eigenvalue weighted by molar-refractivity contribution is 6.06. The molecule has 2 aromatic heterocycles. The molecule has 2 N–H and O–H groups in total. The monoisotopic (exact) mass is 375 g/mol. The maximum atomic E-state index is 11.8. The molecule has 0 aliphatic carbocycles. The zero-order chi connectivity index (χ0) is 19.7.